The van der Waals surface area contributed by atoms with Gasteiger partial charge in [-0.2, -0.15) is 0 Å². The molecule has 2 aromatic rings. The highest BCUT2D eigenvalue weighted by Gasteiger charge is 2.28. The van der Waals surface area contributed by atoms with Gasteiger partial charge in [-0.05, 0) is 44.7 Å². The van der Waals surface area contributed by atoms with Crippen molar-refractivity contribution in [1.82, 2.24) is 20.3 Å². The van der Waals surface area contributed by atoms with E-state index >= 15 is 0 Å². The number of carboxylic acid groups (broad SMARTS) is 1. The maximum Gasteiger partial charge on any atom is 0.306 e. The zero-order valence-corrected chi connectivity index (χ0v) is 13.5. The first-order valence-corrected chi connectivity index (χ1v) is 8.07. The molecule has 0 unspecified atom stereocenters. The molecule has 0 radical (unpaired) electrons. The van der Waals surface area contributed by atoms with Crippen LogP contribution in [0.1, 0.15) is 41.9 Å². The van der Waals surface area contributed by atoms with Crippen molar-refractivity contribution < 1.29 is 14.7 Å². The molecule has 7 heteroatoms. The number of amides is 1. The van der Waals surface area contributed by atoms with E-state index in [0.29, 0.717) is 37.1 Å². The summed E-state index contributed by atoms with van der Waals surface area (Å²) in [6.07, 6.45) is 2.54. The number of rotatable bonds is 4. The summed E-state index contributed by atoms with van der Waals surface area (Å²) in [5.41, 5.74) is 1.83. The van der Waals surface area contributed by atoms with E-state index in [4.69, 9.17) is 5.11 Å². The number of para-hydroxylation sites is 1. The van der Waals surface area contributed by atoms with Crippen molar-refractivity contribution in [3.05, 3.63) is 41.7 Å². The van der Waals surface area contributed by atoms with Crippen molar-refractivity contribution in [2.24, 2.45) is 5.92 Å². The summed E-state index contributed by atoms with van der Waals surface area (Å²) in [5.74, 6) is -1.30. The van der Waals surface area contributed by atoms with Crippen molar-refractivity contribution in [3.63, 3.8) is 0 Å². The number of nitrogens with one attached hydrogen (secondary N) is 1. The Kier molecular flexibility index (Phi) is 4.59. The van der Waals surface area contributed by atoms with E-state index in [2.05, 4.69) is 15.6 Å². The Balaban J connectivity index is 1.66. The molecule has 1 aliphatic rings. The maximum atomic E-state index is 12.5. The van der Waals surface area contributed by atoms with Gasteiger partial charge in [0.05, 0.1) is 17.3 Å². The third-order valence-electron chi connectivity index (χ3n) is 4.52. The first-order chi connectivity index (χ1) is 11.6. The second kappa shape index (κ2) is 6.82. The number of carbonyl (C=O) groups excluding carboxylic acids is 1. The molecule has 2 N–H and O–H groups in total. The molecule has 1 aliphatic carbocycles. The van der Waals surface area contributed by atoms with Crippen LogP contribution >= 0.6 is 0 Å². The Morgan fingerprint density at radius 2 is 1.83 bits per heavy atom. The van der Waals surface area contributed by atoms with E-state index in [9.17, 15) is 9.59 Å². The Bertz CT molecular complexity index is 734. The Morgan fingerprint density at radius 1 is 1.17 bits per heavy atom. The molecule has 0 atom stereocenters. The van der Waals surface area contributed by atoms with Crippen LogP contribution in [0.15, 0.2) is 30.3 Å². The van der Waals surface area contributed by atoms with Crippen LogP contribution in [0.2, 0.25) is 0 Å². The number of carbonyl (C=O) groups is 2. The van der Waals surface area contributed by atoms with E-state index in [0.717, 1.165) is 5.69 Å². The molecule has 1 fully saturated rings. The molecule has 0 spiro atoms. The number of carboxylic acids is 1. The first-order valence-electron chi connectivity index (χ1n) is 8.07. The lowest BCUT2D eigenvalue weighted by Crippen LogP contribution is -2.39. The molecule has 24 heavy (non-hydrogen) atoms. The first kappa shape index (κ1) is 16.2. The van der Waals surface area contributed by atoms with Crippen molar-refractivity contribution >= 4 is 11.9 Å². The van der Waals surface area contributed by atoms with Crippen LogP contribution in [-0.4, -0.2) is 38.0 Å². The fraction of sp³-hybridized carbons (Fsp3) is 0.412. The summed E-state index contributed by atoms with van der Waals surface area (Å²) in [6, 6.07) is 9.51. The van der Waals surface area contributed by atoms with E-state index in [-0.39, 0.29) is 17.9 Å². The van der Waals surface area contributed by atoms with Crippen molar-refractivity contribution in [3.8, 4) is 5.69 Å². The van der Waals surface area contributed by atoms with Crippen LogP contribution in [0.25, 0.3) is 5.69 Å². The SMILES string of the molecule is Cc1c(C(=O)NC2CCC(C(=O)O)CC2)nnn1-c1ccccc1. The highest BCUT2D eigenvalue weighted by molar-refractivity contribution is 5.93. The summed E-state index contributed by atoms with van der Waals surface area (Å²) in [7, 11) is 0. The van der Waals surface area contributed by atoms with Crippen LogP contribution in [0, 0.1) is 12.8 Å². The average Bonchev–Trinajstić information content (AvgIpc) is 2.98. The van der Waals surface area contributed by atoms with E-state index < -0.39 is 5.97 Å². The molecule has 7 nitrogen and oxygen atoms in total. The standard InChI is InChI=1S/C17H20N4O3/c1-11-15(19-20-21(11)14-5-3-2-4-6-14)16(22)18-13-9-7-12(8-10-13)17(23)24/h2-6,12-13H,7-10H2,1H3,(H,18,22)(H,23,24). The summed E-state index contributed by atoms with van der Waals surface area (Å²) >= 11 is 0. The number of nitrogens with zero attached hydrogens (tertiary/aromatic N) is 3. The van der Waals surface area contributed by atoms with Gasteiger partial charge in [0.1, 0.15) is 0 Å². The highest BCUT2D eigenvalue weighted by atomic mass is 16.4. The van der Waals surface area contributed by atoms with Gasteiger partial charge in [0.15, 0.2) is 5.69 Å². The van der Waals surface area contributed by atoms with Gasteiger partial charge in [0.25, 0.3) is 5.91 Å². The molecule has 0 bridgehead atoms. The van der Waals surface area contributed by atoms with Crippen molar-refractivity contribution in [1.29, 1.82) is 0 Å². The Hall–Kier alpha value is -2.70. The molecule has 1 heterocycles. The van der Waals surface area contributed by atoms with Crippen LogP contribution in [0.5, 0.6) is 0 Å². The van der Waals surface area contributed by atoms with Gasteiger partial charge in [-0.25, -0.2) is 4.68 Å². The summed E-state index contributed by atoms with van der Waals surface area (Å²) < 4.78 is 1.64. The van der Waals surface area contributed by atoms with Gasteiger partial charge >= 0.3 is 5.97 Å². The number of benzene rings is 1. The van der Waals surface area contributed by atoms with Gasteiger partial charge in [0, 0.05) is 6.04 Å². The van der Waals surface area contributed by atoms with Gasteiger partial charge in [-0.15, -0.1) is 5.10 Å². The van der Waals surface area contributed by atoms with Gasteiger partial charge in [0.2, 0.25) is 0 Å². The molecule has 1 amide bonds. The largest absolute Gasteiger partial charge is 0.481 e. The zero-order valence-electron chi connectivity index (χ0n) is 13.5. The highest BCUT2D eigenvalue weighted by Crippen LogP contribution is 2.24. The maximum absolute atomic E-state index is 12.5. The fourth-order valence-corrected chi connectivity index (χ4v) is 3.09. The minimum atomic E-state index is -0.749. The Morgan fingerprint density at radius 3 is 2.46 bits per heavy atom. The summed E-state index contributed by atoms with van der Waals surface area (Å²) in [5, 5.41) is 20.0. The molecule has 0 saturated heterocycles. The summed E-state index contributed by atoms with van der Waals surface area (Å²) in [4.78, 5) is 23.4. The van der Waals surface area contributed by atoms with E-state index in [1.165, 1.54) is 0 Å². The molecule has 3 rings (SSSR count). The number of aliphatic carboxylic acids is 1. The summed E-state index contributed by atoms with van der Waals surface area (Å²) in [6.45, 7) is 1.81. The van der Waals surface area contributed by atoms with Gasteiger partial charge in [-0.3, -0.25) is 9.59 Å². The van der Waals surface area contributed by atoms with Crippen LogP contribution in [0.3, 0.4) is 0 Å². The lowest BCUT2D eigenvalue weighted by atomic mass is 9.86. The minimum absolute atomic E-state index is 0.00521. The monoisotopic (exact) mass is 328 g/mol. The number of hydrogen-bond donors (Lipinski definition) is 2. The third kappa shape index (κ3) is 3.29. The molecule has 126 valence electrons. The zero-order chi connectivity index (χ0) is 17.1. The van der Waals surface area contributed by atoms with E-state index in [1.807, 2.05) is 37.3 Å². The Labute approximate surface area is 139 Å². The molecular weight excluding hydrogens is 308 g/mol. The molecule has 0 aliphatic heterocycles. The topological polar surface area (TPSA) is 97.1 Å². The van der Waals surface area contributed by atoms with Crippen LogP contribution in [0.4, 0.5) is 0 Å². The van der Waals surface area contributed by atoms with Crippen molar-refractivity contribution in [2.45, 2.75) is 38.6 Å². The molecule has 1 aromatic heterocycles. The lowest BCUT2D eigenvalue weighted by Gasteiger charge is -2.26. The lowest BCUT2D eigenvalue weighted by molar-refractivity contribution is -0.142. The van der Waals surface area contributed by atoms with Crippen LogP contribution in [-0.2, 0) is 4.79 Å². The van der Waals surface area contributed by atoms with E-state index in [1.54, 1.807) is 4.68 Å². The minimum Gasteiger partial charge on any atom is -0.481 e. The number of hydrogen-bond acceptors (Lipinski definition) is 4. The molecule has 1 saturated carbocycles. The normalized spacial score (nSPS) is 20.5. The predicted octanol–water partition coefficient (Wildman–Crippen LogP) is 1.95. The second-order valence-corrected chi connectivity index (χ2v) is 6.13. The van der Waals surface area contributed by atoms with Crippen molar-refractivity contribution in [2.75, 3.05) is 0 Å². The fourth-order valence-electron chi connectivity index (χ4n) is 3.09. The smallest absolute Gasteiger partial charge is 0.306 e. The molecule has 1 aromatic carbocycles. The third-order valence-corrected chi connectivity index (χ3v) is 4.52. The van der Waals surface area contributed by atoms with Crippen LogP contribution < -0.4 is 5.32 Å². The van der Waals surface area contributed by atoms with Gasteiger partial charge < -0.3 is 10.4 Å². The number of aromatic nitrogens is 3. The quantitative estimate of drug-likeness (QED) is 0.894. The molecular formula is C17H20N4O3. The average molecular weight is 328 g/mol. The second-order valence-electron chi connectivity index (χ2n) is 6.13. The predicted molar refractivity (Wildman–Crippen MR) is 86.9 cm³/mol. The van der Waals surface area contributed by atoms with Gasteiger partial charge in [-0.1, -0.05) is 23.4 Å².